The number of carbonyl (C=O) groups excluding carboxylic acids is 1. The number of piperazine rings is 1. The van der Waals surface area contributed by atoms with E-state index in [9.17, 15) is 4.79 Å². The van der Waals surface area contributed by atoms with E-state index in [1.54, 1.807) is 22.5 Å². The van der Waals surface area contributed by atoms with Gasteiger partial charge in [-0.05, 0) is 45.0 Å². The Hall–Kier alpha value is -3.54. The van der Waals surface area contributed by atoms with E-state index in [1.165, 1.54) is 23.9 Å². The third-order valence-electron chi connectivity index (χ3n) is 6.27. The van der Waals surface area contributed by atoms with Crippen molar-refractivity contribution in [3.05, 3.63) is 51.2 Å². The molecule has 1 amide bonds. The van der Waals surface area contributed by atoms with Crippen LogP contribution in [0, 0.1) is 18.6 Å². The van der Waals surface area contributed by atoms with Crippen LogP contribution in [0.25, 0.3) is 0 Å². The topological polar surface area (TPSA) is 108 Å². The van der Waals surface area contributed by atoms with Gasteiger partial charge in [-0.3, -0.25) is 4.79 Å². The van der Waals surface area contributed by atoms with Crippen molar-refractivity contribution in [3.63, 3.8) is 0 Å². The van der Waals surface area contributed by atoms with Gasteiger partial charge in [0.2, 0.25) is 11.9 Å². The molecule has 198 valence electrons. The number of thiophene rings is 1. The Morgan fingerprint density at radius 1 is 1.27 bits per heavy atom. The van der Waals surface area contributed by atoms with Crippen LogP contribution in [0.2, 0.25) is 0 Å². The number of oxime groups is 1. The second kappa shape index (κ2) is 11.2. The fourth-order valence-electron chi connectivity index (χ4n) is 4.63. The Kier molecular flexibility index (Phi) is 8.06. The lowest BCUT2D eigenvalue weighted by molar-refractivity contribution is -0.119. The summed E-state index contributed by atoms with van der Waals surface area (Å²) in [5.74, 6) is -1.27. The third kappa shape index (κ3) is 6.24. The van der Waals surface area contributed by atoms with Crippen molar-refractivity contribution < 1.29 is 18.4 Å². The molecule has 2 aliphatic rings. The number of nitrogens with one attached hydrogen (secondary N) is 1. The average Bonchev–Trinajstić information content (AvgIpc) is 3.47. The Bertz CT molecular complexity index is 1210. The minimum Gasteiger partial charge on any atom is -0.390 e. The summed E-state index contributed by atoms with van der Waals surface area (Å²) >= 11 is 1.61. The number of halogens is 2. The number of guanidine groups is 1. The van der Waals surface area contributed by atoms with Gasteiger partial charge >= 0.3 is 0 Å². The molecular formula is C25H31F2N7O2S. The molecule has 3 unspecified atom stereocenters. The van der Waals surface area contributed by atoms with E-state index in [0.717, 1.165) is 4.88 Å². The highest BCUT2D eigenvalue weighted by Gasteiger charge is 2.34. The zero-order valence-corrected chi connectivity index (χ0v) is 22.1. The lowest BCUT2D eigenvalue weighted by atomic mass is 10.0. The van der Waals surface area contributed by atoms with Gasteiger partial charge in [-0.2, -0.15) is 5.10 Å². The standard InChI is InChI=1S/C25H31F2N7O2S/c1-14-12-33(25(28)31-30-11-20-6-5-16(3)37-20)13-15(2)34(14)24-21(26)7-18(8-22(24)27)23-9-19(36-32-23)10-29-17(4)35/h5-8,11,14-15,19H,9-10,12-13H2,1-4H3,(H2,28,31)(H,29,35)/b30-11+. The number of carbonyl (C=O) groups is 1. The highest BCUT2D eigenvalue weighted by atomic mass is 32.1. The number of hydrogen-bond donors (Lipinski definition) is 2. The lowest BCUT2D eigenvalue weighted by Gasteiger charge is -2.46. The number of hydrogen-bond acceptors (Lipinski definition) is 7. The van der Waals surface area contributed by atoms with E-state index in [2.05, 4.69) is 20.7 Å². The van der Waals surface area contributed by atoms with E-state index >= 15 is 8.78 Å². The van der Waals surface area contributed by atoms with Crippen LogP contribution in [-0.4, -0.2) is 66.5 Å². The first-order valence-electron chi connectivity index (χ1n) is 12.0. The van der Waals surface area contributed by atoms with Crippen molar-refractivity contribution in [2.45, 2.75) is 52.3 Å². The number of amides is 1. The summed E-state index contributed by atoms with van der Waals surface area (Å²) in [5.41, 5.74) is 6.85. The van der Waals surface area contributed by atoms with Gasteiger partial charge in [-0.15, -0.1) is 16.4 Å². The lowest BCUT2D eigenvalue weighted by Crippen LogP contribution is -2.60. The second-order valence-corrected chi connectivity index (χ2v) is 10.7. The van der Waals surface area contributed by atoms with Gasteiger partial charge in [0.1, 0.15) is 23.4 Å². The summed E-state index contributed by atoms with van der Waals surface area (Å²) < 4.78 is 30.6. The van der Waals surface area contributed by atoms with E-state index < -0.39 is 11.6 Å². The maximum absolute atomic E-state index is 15.3. The van der Waals surface area contributed by atoms with Crippen molar-refractivity contribution in [2.24, 2.45) is 21.1 Å². The fraction of sp³-hybridized carbons (Fsp3) is 0.440. The summed E-state index contributed by atoms with van der Waals surface area (Å²) in [6.45, 7) is 8.34. The molecule has 3 N–H and O–H groups in total. The largest absolute Gasteiger partial charge is 0.390 e. The zero-order chi connectivity index (χ0) is 26.7. The first-order valence-corrected chi connectivity index (χ1v) is 12.9. The Morgan fingerprint density at radius 2 is 1.95 bits per heavy atom. The summed E-state index contributed by atoms with van der Waals surface area (Å²) in [7, 11) is 0. The highest BCUT2D eigenvalue weighted by molar-refractivity contribution is 7.13. The molecule has 12 heteroatoms. The van der Waals surface area contributed by atoms with Gasteiger partial charge in [0.25, 0.3) is 0 Å². The van der Waals surface area contributed by atoms with Gasteiger partial charge in [-0.25, -0.2) is 8.78 Å². The minimum atomic E-state index is -0.673. The maximum atomic E-state index is 15.3. The molecule has 0 bridgehead atoms. The van der Waals surface area contributed by atoms with Crippen molar-refractivity contribution in [3.8, 4) is 0 Å². The van der Waals surface area contributed by atoms with Crippen LogP contribution in [0.1, 0.15) is 42.5 Å². The van der Waals surface area contributed by atoms with Gasteiger partial charge in [0, 0.05) is 53.8 Å². The van der Waals surface area contributed by atoms with Crippen molar-refractivity contribution >= 4 is 40.8 Å². The molecule has 3 atom stereocenters. The molecule has 3 heterocycles. The number of anilines is 1. The molecule has 0 radical (unpaired) electrons. The number of nitrogens with two attached hydrogens (primary N) is 1. The van der Waals surface area contributed by atoms with E-state index in [4.69, 9.17) is 10.6 Å². The Balaban J connectivity index is 1.44. The molecule has 37 heavy (non-hydrogen) atoms. The van der Waals surface area contributed by atoms with Crippen LogP contribution in [0.4, 0.5) is 14.5 Å². The highest BCUT2D eigenvalue weighted by Crippen LogP contribution is 2.32. The van der Waals surface area contributed by atoms with Gasteiger partial charge in [0.15, 0.2) is 0 Å². The molecule has 1 fully saturated rings. The maximum Gasteiger partial charge on any atom is 0.217 e. The predicted octanol–water partition coefficient (Wildman–Crippen LogP) is 3.21. The minimum absolute atomic E-state index is 0.0840. The smallest absolute Gasteiger partial charge is 0.217 e. The monoisotopic (exact) mass is 531 g/mol. The van der Waals surface area contributed by atoms with Crippen LogP contribution in [-0.2, 0) is 9.63 Å². The van der Waals surface area contributed by atoms with E-state index in [0.29, 0.717) is 30.8 Å². The van der Waals surface area contributed by atoms with E-state index in [1.807, 2.05) is 37.8 Å². The predicted molar refractivity (Wildman–Crippen MR) is 142 cm³/mol. The van der Waals surface area contributed by atoms with Crippen LogP contribution < -0.4 is 16.0 Å². The summed E-state index contributed by atoms with van der Waals surface area (Å²) in [5, 5.41) is 14.8. The molecule has 1 aromatic carbocycles. The molecular weight excluding hydrogens is 500 g/mol. The number of rotatable bonds is 6. The summed E-state index contributed by atoms with van der Waals surface area (Å²) in [4.78, 5) is 22.2. The Labute approximate surface area is 218 Å². The van der Waals surface area contributed by atoms with Crippen molar-refractivity contribution in [1.29, 1.82) is 0 Å². The van der Waals surface area contributed by atoms with Crippen LogP contribution >= 0.6 is 11.3 Å². The number of nitrogens with zero attached hydrogens (tertiary/aromatic N) is 5. The molecule has 0 spiro atoms. The third-order valence-corrected chi connectivity index (χ3v) is 7.20. The van der Waals surface area contributed by atoms with Crippen LogP contribution in [0.15, 0.2) is 39.6 Å². The normalized spacial score (nSPS) is 22.4. The second-order valence-electron chi connectivity index (χ2n) is 9.36. The number of aryl methyl sites for hydroxylation is 1. The molecule has 0 aliphatic carbocycles. The molecule has 0 saturated carbocycles. The molecule has 4 rings (SSSR count). The first kappa shape index (κ1) is 26.5. The number of benzene rings is 1. The van der Waals surface area contributed by atoms with Crippen LogP contribution in [0.5, 0.6) is 0 Å². The average molecular weight is 532 g/mol. The molecule has 9 nitrogen and oxygen atoms in total. The first-order chi connectivity index (χ1) is 17.6. The SMILES string of the molecule is CC(=O)NCC1CC(c2cc(F)c(N3C(C)CN(/C(N)=N/N=C/c4ccc(C)s4)CC3C)c(F)c2)=NO1. The fourth-order valence-corrected chi connectivity index (χ4v) is 5.37. The van der Waals surface area contributed by atoms with Gasteiger partial charge in [-0.1, -0.05) is 5.16 Å². The van der Waals surface area contributed by atoms with Crippen molar-refractivity contribution in [1.82, 2.24) is 10.2 Å². The zero-order valence-electron chi connectivity index (χ0n) is 21.2. The molecule has 2 aromatic rings. The Morgan fingerprint density at radius 3 is 2.54 bits per heavy atom. The molecule has 2 aliphatic heterocycles. The molecule has 1 saturated heterocycles. The molecule has 1 aromatic heterocycles. The van der Waals surface area contributed by atoms with Gasteiger partial charge < -0.3 is 25.7 Å². The summed E-state index contributed by atoms with van der Waals surface area (Å²) in [6.07, 6.45) is 1.63. The quantitative estimate of drug-likeness (QED) is 0.338. The van der Waals surface area contributed by atoms with Crippen LogP contribution in [0.3, 0.4) is 0 Å². The summed E-state index contributed by atoms with van der Waals surface area (Å²) in [6, 6.07) is 6.04. The van der Waals surface area contributed by atoms with Gasteiger partial charge in [0.05, 0.1) is 18.5 Å². The van der Waals surface area contributed by atoms with E-state index in [-0.39, 0.29) is 42.3 Å². The van der Waals surface area contributed by atoms with Crippen molar-refractivity contribution in [2.75, 3.05) is 24.5 Å².